The molecule has 2 rings (SSSR count). The standard InChI is InChI=1S/C12H16BrN3O/c1-2-5-16-6-4-15-11(16)8-10(14)9-3-7-17-12(9)13/h3-4,6-7,10H,2,5,8,14H2,1H3. The van der Waals surface area contributed by atoms with E-state index in [1.54, 1.807) is 6.26 Å². The predicted octanol–water partition coefficient (Wildman–Crippen LogP) is 2.89. The molecule has 2 aromatic rings. The predicted molar refractivity (Wildman–Crippen MR) is 69.6 cm³/mol. The Hall–Kier alpha value is -1.07. The number of hydrogen-bond acceptors (Lipinski definition) is 3. The fourth-order valence-corrected chi connectivity index (χ4v) is 2.39. The molecule has 2 heterocycles. The lowest BCUT2D eigenvalue weighted by molar-refractivity contribution is 0.527. The van der Waals surface area contributed by atoms with Crippen LogP contribution in [0.1, 0.15) is 30.8 Å². The molecule has 0 aliphatic heterocycles. The van der Waals surface area contributed by atoms with E-state index in [1.807, 2.05) is 18.5 Å². The van der Waals surface area contributed by atoms with Crippen LogP contribution >= 0.6 is 15.9 Å². The maximum atomic E-state index is 6.15. The van der Waals surface area contributed by atoms with Gasteiger partial charge < -0.3 is 14.7 Å². The Bertz CT molecular complexity index is 478. The minimum Gasteiger partial charge on any atom is -0.457 e. The number of halogens is 1. The first kappa shape index (κ1) is 12.4. The van der Waals surface area contributed by atoms with Crippen molar-refractivity contribution >= 4 is 15.9 Å². The number of nitrogens with two attached hydrogens (primary N) is 1. The highest BCUT2D eigenvalue weighted by Crippen LogP contribution is 2.25. The van der Waals surface area contributed by atoms with Gasteiger partial charge in [0.25, 0.3) is 0 Å². The third-order valence-corrected chi connectivity index (χ3v) is 3.36. The number of aryl methyl sites for hydroxylation is 1. The zero-order valence-corrected chi connectivity index (χ0v) is 11.4. The molecule has 0 radical (unpaired) electrons. The lowest BCUT2D eigenvalue weighted by Gasteiger charge is -2.11. The molecular weight excluding hydrogens is 282 g/mol. The summed E-state index contributed by atoms with van der Waals surface area (Å²) in [6.07, 6.45) is 7.26. The summed E-state index contributed by atoms with van der Waals surface area (Å²) in [7, 11) is 0. The Morgan fingerprint density at radius 1 is 1.59 bits per heavy atom. The van der Waals surface area contributed by atoms with Crippen molar-refractivity contribution in [3.8, 4) is 0 Å². The second-order valence-electron chi connectivity index (χ2n) is 4.00. The Labute approximate surface area is 109 Å². The summed E-state index contributed by atoms with van der Waals surface area (Å²) in [5.41, 5.74) is 7.14. The molecule has 0 amide bonds. The van der Waals surface area contributed by atoms with E-state index in [-0.39, 0.29) is 6.04 Å². The molecule has 1 unspecified atom stereocenters. The minimum atomic E-state index is -0.0962. The van der Waals surface area contributed by atoms with Gasteiger partial charge >= 0.3 is 0 Å². The van der Waals surface area contributed by atoms with Crippen LogP contribution < -0.4 is 5.73 Å². The van der Waals surface area contributed by atoms with Crippen LogP contribution in [0.5, 0.6) is 0 Å². The molecule has 5 heteroatoms. The van der Waals surface area contributed by atoms with Gasteiger partial charge in [-0.15, -0.1) is 0 Å². The van der Waals surface area contributed by atoms with E-state index in [0.717, 1.165) is 24.4 Å². The first-order valence-electron chi connectivity index (χ1n) is 5.70. The van der Waals surface area contributed by atoms with Gasteiger partial charge in [0.05, 0.1) is 6.26 Å². The first-order valence-corrected chi connectivity index (χ1v) is 6.50. The maximum absolute atomic E-state index is 6.15. The van der Waals surface area contributed by atoms with Crippen LogP contribution in [0.4, 0.5) is 0 Å². The summed E-state index contributed by atoms with van der Waals surface area (Å²) in [5.74, 6) is 1.02. The van der Waals surface area contributed by atoms with Crippen molar-refractivity contribution in [1.29, 1.82) is 0 Å². The summed E-state index contributed by atoms with van der Waals surface area (Å²) in [4.78, 5) is 4.35. The topological polar surface area (TPSA) is 57.0 Å². The van der Waals surface area contributed by atoms with Crippen LogP contribution in [-0.4, -0.2) is 9.55 Å². The Balaban J connectivity index is 2.10. The Kier molecular flexibility index (Phi) is 4.02. The molecule has 2 aromatic heterocycles. The molecule has 0 aromatic carbocycles. The molecule has 0 spiro atoms. The summed E-state index contributed by atoms with van der Waals surface area (Å²) < 4.78 is 8.05. The van der Waals surface area contributed by atoms with Crippen LogP contribution in [-0.2, 0) is 13.0 Å². The van der Waals surface area contributed by atoms with Crippen molar-refractivity contribution < 1.29 is 4.42 Å². The van der Waals surface area contributed by atoms with E-state index in [2.05, 4.69) is 32.4 Å². The third-order valence-electron chi connectivity index (χ3n) is 2.71. The molecule has 1 atom stereocenters. The van der Waals surface area contributed by atoms with Crippen molar-refractivity contribution in [2.24, 2.45) is 5.73 Å². The van der Waals surface area contributed by atoms with Crippen LogP contribution in [0, 0.1) is 0 Å². The van der Waals surface area contributed by atoms with E-state index in [9.17, 15) is 0 Å². The quantitative estimate of drug-likeness (QED) is 0.923. The van der Waals surface area contributed by atoms with Gasteiger partial charge in [0.15, 0.2) is 4.67 Å². The molecule has 0 saturated heterocycles. The van der Waals surface area contributed by atoms with Crippen molar-refractivity contribution in [2.75, 3.05) is 0 Å². The van der Waals surface area contributed by atoms with Crippen molar-refractivity contribution in [3.63, 3.8) is 0 Å². The van der Waals surface area contributed by atoms with Gasteiger partial charge in [0.2, 0.25) is 0 Å². The van der Waals surface area contributed by atoms with Crippen LogP contribution in [0.25, 0.3) is 0 Å². The van der Waals surface area contributed by atoms with E-state index >= 15 is 0 Å². The van der Waals surface area contributed by atoms with Gasteiger partial charge in [0.1, 0.15) is 5.82 Å². The van der Waals surface area contributed by atoms with E-state index in [0.29, 0.717) is 11.1 Å². The van der Waals surface area contributed by atoms with E-state index in [1.165, 1.54) is 0 Å². The van der Waals surface area contributed by atoms with Crippen molar-refractivity contribution in [1.82, 2.24) is 9.55 Å². The number of nitrogens with zero attached hydrogens (tertiary/aromatic N) is 2. The van der Waals surface area contributed by atoms with Gasteiger partial charge in [-0.3, -0.25) is 0 Å². The summed E-state index contributed by atoms with van der Waals surface area (Å²) in [5, 5.41) is 0. The number of imidazole rings is 1. The lowest BCUT2D eigenvalue weighted by Crippen LogP contribution is -2.16. The molecule has 0 aliphatic rings. The second kappa shape index (κ2) is 5.51. The second-order valence-corrected chi connectivity index (χ2v) is 4.72. The molecule has 2 N–H and O–H groups in total. The number of aromatic nitrogens is 2. The Morgan fingerprint density at radius 3 is 3.06 bits per heavy atom. The number of rotatable bonds is 5. The van der Waals surface area contributed by atoms with Crippen molar-refractivity contribution in [3.05, 3.63) is 40.8 Å². The van der Waals surface area contributed by atoms with Crippen LogP contribution in [0.2, 0.25) is 0 Å². The molecule has 17 heavy (non-hydrogen) atoms. The zero-order chi connectivity index (χ0) is 12.3. The molecule has 0 aliphatic carbocycles. The zero-order valence-electron chi connectivity index (χ0n) is 9.77. The number of furan rings is 1. The molecule has 0 saturated carbocycles. The van der Waals surface area contributed by atoms with Gasteiger partial charge in [-0.05, 0) is 28.4 Å². The SMILES string of the molecule is CCCn1ccnc1CC(N)c1ccoc1Br. The van der Waals surface area contributed by atoms with Gasteiger partial charge in [-0.2, -0.15) is 0 Å². The van der Waals surface area contributed by atoms with Gasteiger partial charge in [-0.1, -0.05) is 6.92 Å². The monoisotopic (exact) mass is 297 g/mol. The van der Waals surface area contributed by atoms with Crippen LogP contribution in [0.15, 0.2) is 33.8 Å². The molecule has 0 bridgehead atoms. The van der Waals surface area contributed by atoms with Gasteiger partial charge in [0, 0.05) is 37.0 Å². The van der Waals surface area contributed by atoms with E-state index in [4.69, 9.17) is 10.2 Å². The normalized spacial score (nSPS) is 12.9. The Morgan fingerprint density at radius 2 is 2.41 bits per heavy atom. The summed E-state index contributed by atoms with van der Waals surface area (Å²) in [6, 6.07) is 1.79. The summed E-state index contributed by atoms with van der Waals surface area (Å²) >= 11 is 3.35. The highest BCUT2D eigenvalue weighted by molar-refractivity contribution is 9.10. The van der Waals surface area contributed by atoms with Crippen molar-refractivity contribution in [2.45, 2.75) is 32.4 Å². The van der Waals surface area contributed by atoms with E-state index < -0.39 is 0 Å². The minimum absolute atomic E-state index is 0.0962. The molecular formula is C12H16BrN3O. The largest absolute Gasteiger partial charge is 0.457 e. The third kappa shape index (κ3) is 2.79. The smallest absolute Gasteiger partial charge is 0.173 e. The first-order chi connectivity index (χ1) is 8.22. The molecule has 92 valence electrons. The van der Waals surface area contributed by atoms with Crippen LogP contribution in [0.3, 0.4) is 0 Å². The average Bonchev–Trinajstić information content (AvgIpc) is 2.89. The lowest BCUT2D eigenvalue weighted by atomic mass is 10.1. The molecule has 0 fully saturated rings. The summed E-state index contributed by atoms with van der Waals surface area (Å²) in [6.45, 7) is 3.13. The molecule has 4 nitrogen and oxygen atoms in total. The van der Waals surface area contributed by atoms with Gasteiger partial charge in [-0.25, -0.2) is 4.98 Å². The highest BCUT2D eigenvalue weighted by atomic mass is 79.9. The number of hydrogen-bond donors (Lipinski definition) is 1. The maximum Gasteiger partial charge on any atom is 0.173 e. The highest BCUT2D eigenvalue weighted by Gasteiger charge is 2.15. The average molecular weight is 298 g/mol. The fraction of sp³-hybridized carbons (Fsp3) is 0.417. The fourth-order valence-electron chi connectivity index (χ4n) is 1.85.